The molecule has 1 fully saturated rings. The summed E-state index contributed by atoms with van der Waals surface area (Å²) in [5.41, 5.74) is 0.708. The van der Waals surface area contributed by atoms with E-state index in [1.54, 1.807) is 0 Å². The van der Waals surface area contributed by atoms with Crippen LogP contribution in [-0.2, 0) is 0 Å². The molecule has 0 amide bonds. The summed E-state index contributed by atoms with van der Waals surface area (Å²) in [7, 11) is 0. The molecule has 1 saturated carbocycles. The second-order valence-electron chi connectivity index (χ2n) is 3.09. The zero-order valence-electron chi connectivity index (χ0n) is 5.49. The monoisotopic (exact) mass is 118 g/mol. The first-order chi connectivity index (χ1) is 2.63. The molecule has 1 rings (SSSR count). The molecule has 0 aromatic heterocycles. The Bertz CT molecular complexity index is 66.6. The Labute approximate surface area is 49.3 Å². The van der Waals surface area contributed by atoms with Crippen LogP contribution in [-0.4, -0.2) is 0 Å². The zero-order chi connectivity index (χ0) is 4.78. The second kappa shape index (κ2) is 1.74. The Kier molecular flexibility index (Phi) is 1.85. The van der Waals surface area contributed by atoms with Crippen molar-refractivity contribution < 1.29 is 0 Å². The van der Waals surface area contributed by atoms with Gasteiger partial charge in [-0.1, -0.05) is 20.8 Å². The first kappa shape index (κ1) is 7.43. The largest absolute Gasteiger partial charge is 0.153 e. The molecular formula is C6H15P. The highest BCUT2D eigenvalue weighted by Gasteiger charge is 2.41. The van der Waals surface area contributed by atoms with E-state index in [9.17, 15) is 0 Å². The SMILES string of the molecule is CC1CC1(C)C.P. The van der Waals surface area contributed by atoms with Crippen molar-refractivity contribution in [2.45, 2.75) is 27.2 Å². The maximum Gasteiger partial charge on any atom is -0.0326 e. The van der Waals surface area contributed by atoms with E-state index in [0.29, 0.717) is 5.41 Å². The summed E-state index contributed by atoms with van der Waals surface area (Å²) >= 11 is 0. The van der Waals surface area contributed by atoms with Crippen molar-refractivity contribution in [1.29, 1.82) is 0 Å². The molecule has 0 bridgehead atoms. The second-order valence-corrected chi connectivity index (χ2v) is 3.09. The van der Waals surface area contributed by atoms with E-state index in [0.717, 1.165) is 5.92 Å². The van der Waals surface area contributed by atoms with Gasteiger partial charge in [0.05, 0.1) is 0 Å². The van der Waals surface area contributed by atoms with E-state index in [1.165, 1.54) is 6.42 Å². The molecule has 0 aliphatic heterocycles. The molecule has 44 valence electrons. The summed E-state index contributed by atoms with van der Waals surface area (Å²) in [6.45, 7) is 6.94. The molecule has 7 heavy (non-hydrogen) atoms. The predicted octanol–water partition coefficient (Wildman–Crippen LogP) is 2.11. The maximum absolute atomic E-state index is 2.32. The van der Waals surface area contributed by atoms with Crippen molar-refractivity contribution in [2.24, 2.45) is 11.3 Å². The van der Waals surface area contributed by atoms with Gasteiger partial charge in [0.25, 0.3) is 0 Å². The Balaban J connectivity index is 0.000000360. The molecule has 0 nitrogen and oxygen atoms in total. The fourth-order valence-electron chi connectivity index (χ4n) is 0.730. The lowest BCUT2D eigenvalue weighted by Gasteiger charge is -1.91. The fraction of sp³-hybridized carbons (Fsp3) is 1.00. The standard InChI is InChI=1S/C6H12.H3P/c1-5-4-6(5,2)3;/h5H,4H2,1-3H3;1H3. The normalized spacial score (nSPS) is 33.9. The lowest BCUT2D eigenvalue weighted by Crippen LogP contribution is -1.82. The van der Waals surface area contributed by atoms with Crippen LogP contribution >= 0.6 is 9.90 Å². The third kappa shape index (κ3) is 1.42. The first-order valence-electron chi connectivity index (χ1n) is 2.63. The van der Waals surface area contributed by atoms with E-state index < -0.39 is 0 Å². The highest BCUT2D eigenvalue weighted by Crippen LogP contribution is 2.50. The summed E-state index contributed by atoms with van der Waals surface area (Å²) in [5, 5.41) is 0. The molecular weight excluding hydrogens is 103 g/mol. The van der Waals surface area contributed by atoms with Crippen molar-refractivity contribution in [2.75, 3.05) is 0 Å². The van der Waals surface area contributed by atoms with Crippen LogP contribution in [0.15, 0.2) is 0 Å². The van der Waals surface area contributed by atoms with E-state index in [1.807, 2.05) is 0 Å². The third-order valence-corrected chi connectivity index (χ3v) is 2.01. The topological polar surface area (TPSA) is 0 Å². The fourth-order valence-corrected chi connectivity index (χ4v) is 0.730. The number of rotatable bonds is 0. The van der Waals surface area contributed by atoms with Crippen molar-refractivity contribution in [3.05, 3.63) is 0 Å². The van der Waals surface area contributed by atoms with Gasteiger partial charge in [0.15, 0.2) is 0 Å². The van der Waals surface area contributed by atoms with Gasteiger partial charge in [0.2, 0.25) is 0 Å². The van der Waals surface area contributed by atoms with Crippen molar-refractivity contribution in [3.8, 4) is 0 Å². The highest BCUT2D eigenvalue weighted by atomic mass is 31.0. The Morgan fingerprint density at radius 1 is 1.43 bits per heavy atom. The Hall–Kier alpha value is 0.430. The average Bonchev–Trinajstić information content (AvgIpc) is 1.73. The van der Waals surface area contributed by atoms with Gasteiger partial charge in [-0.05, 0) is 17.8 Å². The van der Waals surface area contributed by atoms with Crippen LogP contribution in [0, 0.1) is 11.3 Å². The van der Waals surface area contributed by atoms with Crippen LogP contribution in [0.1, 0.15) is 27.2 Å². The van der Waals surface area contributed by atoms with Gasteiger partial charge in [-0.3, -0.25) is 0 Å². The minimum absolute atomic E-state index is 0. The zero-order valence-corrected chi connectivity index (χ0v) is 6.91. The number of hydrogen-bond donors (Lipinski definition) is 0. The molecule has 2 atom stereocenters. The van der Waals surface area contributed by atoms with E-state index in [2.05, 4.69) is 20.8 Å². The molecule has 0 aromatic carbocycles. The van der Waals surface area contributed by atoms with Crippen LogP contribution in [0.4, 0.5) is 0 Å². The highest BCUT2D eigenvalue weighted by molar-refractivity contribution is 6.92. The van der Waals surface area contributed by atoms with Crippen LogP contribution in [0.2, 0.25) is 0 Å². The van der Waals surface area contributed by atoms with Crippen molar-refractivity contribution >= 4 is 9.90 Å². The minimum atomic E-state index is 0. The third-order valence-electron chi connectivity index (χ3n) is 2.01. The molecule has 0 spiro atoms. The molecule has 1 aliphatic carbocycles. The minimum Gasteiger partial charge on any atom is -0.153 e. The molecule has 0 radical (unpaired) electrons. The van der Waals surface area contributed by atoms with Crippen molar-refractivity contribution in [1.82, 2.24) is 0 Å². The lowest BCUT2D eigenvalue weighted by molar-refractivity contribution is 0.586. The molecule has 2 unspecified atom stereocenters. The van der Waals surface area contributed by atoms with Gasteiger partial charge in [-0.25, -0.2) is 0 Å². The summed E-state index contributed by atoms with van der Waals surface area (Å²) in [5.74, 6) is 0.998. The molecule has 0 aromatic rings. The molecule has 1 heteroatoms. The molecule has 1 aliphatic rings. The molecule has 0 N–H and O–H groups in total. The summed E-state index contributed by atoms with van der Waals surface area (Å²) in [6.07, 6.45) is 1.44. The quantitative estimate of drug-likeness (QED) is 0.427. The summed E-state index contributed by atoms with van der Waals surface area (Å²) < 4.78 is 0. The maximum atomic E-state index is 2.32. The van der Waals surface area contributed by atoms with Gasteiger partial charge in [0.1, 0.15) is 0 Å². The summed E-state index contributed by atoms with van der Waals surface area (Å²) in [6, 6.07) is 0. The molecule has 0 saturated heterocycles. The van der Waals surface area contributed by atoms with Crippen LogP contribution < -0.4 is 0 Å². The average molecular weight is 118 g/mol. The van der Waals surface area contributed by atoms with Gasteiger partial charge in [-0.2, -0.15) is 9.90 Å². The lowest BCUT2D eigenvalue weighted by atomic mass is 10.1. The van der Waals surface area contributed by atoms with Gasteiger partial charge < -0.3 is 0 Å². The molecule has 0 heterocycles. The first-order valence-corrected chi connectivity index (χ1v) is 2.63. The van der Waals surface area contributed by atoms with Gasteiger partial charge in [0, 0.05) is 0 Å². The summed E-state index contributed by atoms with van der Waals surface area (Å²) in [4.78, 5) is 0. The Morgan fingerprint density at radius 2 is 1.57 bits per heavy atom. The number of hydrogen-bond acceptors (Lipinski definition) is 0. The van der Waals surface area contributed by atoms with Crippen LogP contribution in [0.25, 0.3) is 0 Å². The van der Waals surface area contributed by atoms with Crippen LogP contribution in [0.5, 0.6) is 0 Å². The Morgan fingerprint density at radius 3 is 1.57 bits per heavy atom. The van der Waals surface area contributed by atoms with E-state index >= 15 is 0 Å². The van der Waals surface area contributed by atoms with E-state index in [4.69, 9.17) is 0 Å². The predicted molar refractivity (Wildman–Crippen MR) is 38.7 cm³/mol. The smallest absolute Gasteiger partial charge is 0.0326 e. The van der Waals surface area contributed by atoms with Gasteiger partial charge in [-0.15, -0.1) is 0 Å². The van der Waals surface area contributed by atoms with Gasteiger partial charge >= 0.3 is 0 Å². The van der Waals surface area contributed by atoms with E-state index in [-0.39, 0.29) is 9.90 Å². The van der Waals surface area contributed by atoms with Crippen molar-refractivity contribution in [3.63, 3.8) is 0 Å². The van der Waals surface area contributed by atoms with Crippen LogP contribution in [0.3, 0.4) is 0 Å².